The van der Waals surface area contributed by atoms with Crippen molar-refractivity contribution in [3.8, 4) is 0 Å². The van der Waals surface area contributed by atoms with Gasteiger partial charge < -0.3 is 15.1 Å². The number of rotatable bonds is 5. The van der Waals surface area contributed by atoms with Crippen molar-refractivity contribution in [1.82, 2.24) is 4.90 Å². The van der Waals surface area contributed by atoms with Crippen LogP contribution in [0.25, 0.3) is 6.08 Å². The summed E-state index contributed by atoms with van der Waals surface area (Å²) in [5, 5.41) is 3.38. The number of thiophene rings is 1. The van der Waals surface area contributed by atoms with E-state index in [2.05, 4.69) is 5.32 Å². The van der Waals surface area contributed by atoms with E-state index < -0.39 is 0 Å². The minimum absolute atomic E-state index is 0.0284. The number of halogens is 1. The van der Waals surface area contributed by atoms with Crippen LogP contribution in [0.15, 0.2) is 42.5 Å². The Hall–Kier alpha value is -2.15. The third-order valence-electron chi connectivity index (χ3n) is 4.49. The summed E-state index contributed by atoms with van der Waals surface area (Å²) < 4.78 is 0. The van der Waals surface area contributed by atoms with Gasteiger partial charge in [0.25, 0.3) is 5.91 Å². The second kappa shape index (κ2) is 9.17. The summed E-state index contributed by atoms with van der Waals surface area (Å²) in [5.41, 5.74) is 0.631. The predicted molar refractivity (Wildman–Crippen MR) is 110 cm³/mol. The predicted octanol–water partition coefficient (Wildman–Crippen LogP) is 2.09. The zero-order chi connectivity index (χ0) is 19.2. The number of nitrogens with zero attached hydrogens (tertiary/aromatic N) is 1. The van der Waals surface area contributed by atoms with Gasteiger partial charge in [0.05, 0.1) is 36.9 Å². The fraction of sp³-hybridized carbons (Fsp3) is 0.300. The number of carbonyl (C=O) groups excluding carboxylic acids is 2. The smallest absolute Gasteiger partial charge is 0.279 e. The van der Waals surface area contributed by atoms with E-state index in [0.29, 0.717) is 30.3 Å². The first-order valence-corrected chi connectivity index (χ1v) is 10.1. The Bertz CT molecular complexity index is 841. The standard InChI is InChI=1S/C20H22ClN3O2S/c1-15-6-7-16(27-15)8-9-20(26)24-12-10-23(11-13-24)14-19(25)22-18-5-3-2-4-17(18)21/h2-9H,10-14H2,1H3,(H,22,25)/p+1/b9-8+. The molecule has 27 heavy (non-hydrogen) atoms. The van der Waals surface area contributed by atoms with Crippen molar-refractivity contribution in [2.45, 2.75) is 6.92 Å². The molecule has 5 nitrogen and oxygen atoms in total. The van der Waals surface area contributed by atoms with Gasteiger partial charge in [-0.15, -0.1) is 11.3 Å². The Morgan fingerprint density at radius 1 is 1.22 bits per heavy atom. The maximum Gasteiger partial charge on any atom is 0.279 e. The third kappa shape index (κ3) is 5.66. The van der Waals surface area contributed by atoms with Gasteiger partial charge in [-0.2, -0.15) is 0 Å². The van der Waals surface area contributed by atoms with Gasteiger partial charge in [-0.05, 0) is 37.3 Å². The molecule has 0 saturated carbocycles. The summed E-state index contributed by atoms with van der Waals surface area (Å²) in [6, 6.07) is 11.3. The lowest BCUT2D eigenvalue weighted by Crippen LogP contribution is -3.15. The van der Waals surface area contributed by atoms with E-state index in [-0.39, 0.29) is 11.8 Å². The van der Waals surface area contributed by atoms with Crippen LogP contribution in [0.2, 0.25) is 5.02 Å². The molecule has 7 heteroatoms. The molecule has 1 aromatic heterocycles. The van der Waals surface area contributed by atoms with Gasteiger partial charge in [0.2, 0.25) is 5.91 Å². The molecule has 1 aliphatic heterocycles. The van der Waals surface area contributed by atoms with Crippen molar-refractivity contribution in [3.05, 3.63) is 57.3 Å². The summed E-state index contributed by atoms with van der Waals surface area (Å²) in [5.74, 6) is -0.0357. The second-order valence-corrected chi connectivity index (χ2v) is 8.29. The average molecular weight is 405 g/mol. The van der Waals surface area contributed by atoms with Gasteiger partial charge >= 0.3 is 0 Å². The number of hydrogen-bond donors (Lipinski definition) is 2. The van der Waals surface area contributed by atoms with E-state index in [1.54, 1.807) is 29.5 Å². The van der Waals surface area contributed by atoms with E-state index >= 15 is 0 Å². The van der Waals surface area contributed by atoms with Crippen LogP contribution in [-0.2, 0) is 9.59 Å². The SMILES string of the molecule is Cc1ccc(/C=C/C(=O)N2CC[NH+](CC(=O)Nc3ccccc3Cl)CC2)s1. The molecule has 0 radical (unpaired) electrons. The molecule has 0 aliphatic carbocycles. The molecule has 0 spiro atoms. The lowest BCUT2D eigenvalue weighted by molar-refractivity contribution is -0.895. The molecule has 1 aliphatic rings. The lowest BCUT2D eigenvalue weighted by atomic mass is 10.2. The number of benzene rings is 1. The highest BCUT2D eigenvalue weighted by molar-refractivity contribution is 7.12. The number of amides is 2. The average Bonchev–Trinajstić information content (AvgIpc) is 3.07. The van der Waals surface area contributed by atoms with Crippen LogP contribution in [0.4, 0.5) is 5.69 Å². The number of quaternary nitrogens is 1. The van der Waals surface area contributed by atoms with Crippen LogP contribution in [0.1, 0.15) is 9.75 Å². The van der Waals surface area contributed by atoms with Gasteiger partial charge in [-0.25, -0.2) is 0 Å². The fourth-order valence-corrected chi connectivity index (χ4v) is 3.97. The molecule has 1 aromatic carbocycles. The van der Waals surface area contributed by atoms with Gasteiger partial charge in [0, 0.05) is 15.8 Å². The molecule has 0 bridgehead atoms. The Balaban J connectivity index is 1.44. The number of anilines is 1. The lowest BCUT2D eigenvalue weighted by Gasteiger charge is -2.31. The molecule has 142 valence electrons. The molecule has 2 amide bonds. The number of para-hydroxylation sites is 1. The van der Waals surface area contributed by atoms with Crippen LogP contribution in [0.3, 0.4) is 0 Å². The zero-order valence-electron chi connectivity index (χ0n) is 15.2. The van der Waals surface area contributed by atoms with Crippen molar-refractivity contribution in [1.29, 1.82) is 0 Å². The number of aryl methyl sites for hydroxylation is 1. The topological polar surface area (TPSA) is 53.9 Å². The van der Waals surface area contributed by atoms with Crippen LogP contribution in [-0.4, -0.2) is 49.4 Å². The van der Waals surface area contributed by atoms with Crippen LogP contribution in [0.5, 0.6) is 0 Å². The molecule has 1 fully saturated rings. The minimum Gasteiger partial charge on any atom is -0.328 e. The van der Waals surface area contributed by atoms with Crippen molar-refractivity contribution in [3.63, 3.8) is 0 Å². The number of nitrogens with one attached hydrogen (secondary N) is 2. The molecular formula is C20H23ClN3O2S+. The first-order chi connectivity index (χ1) is 13.0. The van der Waals surface area contributed by atoms with Gasteiger partial charge in [-0.3, -0.25) is 9.59 Å². The summed E-state index contributed by atoms with van der Waals surface area (Å²) in [6.07, 6.45) is 3.51. The zero-order valence-corrected chi connectivity index (χ0v) is 16.8. The Morgan fingerprint density at radius 2 is 1.96 bits per heavy atom. The third-order valence-corrected chi connectivity index (χ3v) is 5.79. The van der Waals surface area contributed by atoms with Crippen molar-refractivity contribution >= 4 is 46.5 Å². The maximum absolute atomic E-state index is 12.3. The van der Waals surface area contributed by atoms with Gasteiger partial charge in [-0.1, -0.05) is 23.7 Å². The van der Waals surface area contributed by atoms with Gasteiger partial charge in [0.1, 0.15) is 0 Å². The second-order valence-electron chi connectivity index (χ2n) is 6.56. The molecule has 2 heterocycles. The first-order valence-electron chi connectivity index (χ1n) is 8.92. The van der Waals surface area contributed by atoms with Crippen molar-refractivity contribution < 1.29 is 14.5 Å². The van der Waals surface area contributed by atoms with Crippen molar-refractivity contribution in [2.75, 3.05) is 38.0 Å². The number of carbonyl (C=O) groups is 2. The minimum atomic E-state index is -0.0640. The molecule has 0 atom stereocenters. The van der Waals surface area contributed by atoms with Crippen molar-refractivity contribution in [2.24, 2.45) is 0 Å². The first kappa shape index (κ1) is 19.6. The Kier molecular flexibility index (Phi) is 6.66. The number of hydrogen-bond acceptors (Lipinski definition) is 3. The van der Waals surface area contributed by atoms with Crippen LogP contribution < -0.4 is 10.2 Å². The summed E-state index contributed by atoms with van der Waals surface area (Å²) in [6.45, 7) is 5.25. The van der Waals surface area contributed by atoms with Gasteiger partial charge in [0.15, 0.2) is 6.54 Å². The normalized spacial score (nSPS) is 15.3. The molecule has 3 rings (SSSR count). The molecular weight excluding hydrogens is 382 g/mol. The van der Waals surface area contributed by atoms with E-state index in [1.807, 2.05) is 42.2 Å². The molecule has 2 aromatic rings. The highest BCUT2D eigenvalue weighted by Gasteiger charge is 2.24. The van der Waals surface area contributed by atoms with E-state index in [9.17, 15) is 9.59 Å². The highest BCUT2D eigenvalue weighted by Crippen LogP contribution is 2.20. The Labute approximate surface area is 168 Å². The van der Waals surface area contributed by atoms with Crippen LogP contribution in [0, 0.1) is 6.92 Å². The van der Waals surface area contributed by atoms with E-state index in [0.717, 1.165) is 18.0 Å². The highest BCUT2D eigenvalue weighted by atomic mass is 35.5. The molecule has 1 saturated heterocycles. The summed E-state index contributed by atoms with van der Waals surface area (Å²) >= 11 is 7.74. The Morgan fingerprint density at radius 3 is 2.63 bits per heavy atom. The number of piperazine rings is 1. The molecule has 2 N–H and O–H groups in total. The van der Waals surface area contributed by atoms with Crippen LogP contribution >= 0.6 is 22.9 Å². The van der Waals surface area contributed by atoms with E-state index in [4.69, 9.17) is 11.6 Å². The monoisotopic (exact) mass is 404 g/mol. The quantitative estimate of drug-likeness (QED) is 0.750. The maximum atomic E-state index is 12.3. The van der Waals surface area contributed by atoms with E-state index in [1.165, 1.54) is 9.78 Å². The summed E-state index contributed by atoms with van der Waals surface area (Å²) in [7, 11) is 0. The summed E-state index contributed by atoms with van der Waals surface area (Å²) in [4.78, 5) is 29.9. The molecule has 0 unspecified atom stereocenters. The largest absolute Gasteiger partial charge is 0.328 e. The fourth-order valence-electron chi connectivity index (χ4n) is 3.01.